The Morgan fingerprint density at radius 3 is 2.31 bits per heavy atom. The number of anilines is 1. The highest BCUT2D eigenvalue weighted by molar-refractivity contribution is 7.89. The van der Waals surface area contributed by atoms with Crippen LogP contribution in [0.1, 0.15) is 23.2 Å². The highest BCUT2D eigenvalue weighted by Crippen LogP contribution is 2.27. The molecule has 4 rings (SSSR count). The molecule has 0 aromatic heterocycles. The quantitative estimate of drug-likeness (QED) is 0.780. The fourth-order valence-corrected chi connectivity index (χ4v) is 5.16. The van der Waals surface area contributed by atoms with E-state index in [0.717, 1.165) is 18.5 Å². The molecule has 2 aromatic carbocycles. The van der Waals surface area contributed by atoms with Gasteiger partial charge in [-0.1, -0.05) is 11.6 Å². The summed E-state index contributed by atoms with van der Waals surface area (Å²) >= 11 is 6.10. The maximum atomic E-state index is 13.1. The van der Waals surface area contributed by atoms with Gasteiger partial charge in [0.1, 0.15) is 10.7 Å². The first-order valence-corrected chi connectivity index (χ1v) is 11.3. The van der Waals surface area contributed by atoms with Crippen LogP contribution in [-0.2, 0) is 10.0 Å². The van der Waals surface area contributed by atoms with Crippen molar-refractivity contribution >= 4 is 33.2 Å². The van der Waals surface area contributed by atoms with Crippen LogP contribution >= 0.6 is 11.6 Å². The molecule has 1 saturated heterocycles. The molecule has 0 unspecified atom stereocenters. The molecular formula is C20H21ClFN3O3S. The molecule has 0 bridgehead atoms. The maximum absolute atomic E-state index is 13.1. The van der Waals surface area contributed by atoms with Gasteiger partial charge in [0, 0.05) is 43.5 Å². The van der Waals surface area contributed by atoms with Crippen molar-refractivity contribution in [2.75, 3.05) is 31.1 Å². The summed E-state index contributed by atoms with van der Waals surface area (Å²) < 4.78 is 40.7. The summed E-state index contributed by atoms with van der Waals surface area (Å²) in [6.07, 6.45) is 1.63. The Labute approximate surface area is 174 Å². The van der Waals surface area contributed by atoms with Crippen LogP contribution in [0, 0.1) is 5.82 Å². The Hall–Kier alpha value is -2.16. The number of carbonyl (C=O) groups excluding carboxylic acids is 1. The number of carbonyl (C=O) groups is 1. The monoisotopic (exact) mass is 437 g/mol. The zero-order valence-corrected chi connectivity index (χ0v) is 17.2. The average molecular weight is 438 g/mol. The summed E-state index contributed by atoms with van der Waals surface area (Å²) in [6, 6.07) is 10.6. The standard InChI is InChI=1S/C20H21ClFN3O3S/c21-18-8-1-14(13-19(18)29(27,28)23-16-4-5-16)20(26)25-11-9-24(10-12-25)17-6-2-15(22)3-7-17/h1-3,6-8,13,16,23H,4-5,9-12H2. The number of hydrogen-bond donors (Lipinski definition) is 1. The summed E-state index contributed by atoms with van der Waals surface area (Å²) in [6.45, 7) is 2.20. The van der Waals surface area contributed by atoms with Crippen molar-refractivity contribution in [3.8, 4) is 0 Å². The highest BCUT2D eigenvalue weighted by atomic mass is 35.5. The van der Waals surface area contributed by atoms with Gasteiger partial charge >= 0.3 is 0 Å². The number of halogens is 2. The minimum Gasteiger partial charge on any atom is -0.368 e. The number of benzene rings is 2. The lowest BCUT2D eigenvalue weighted by Gasteiger charge is -2.36. The fourth-order valence-electron chi connectivity index (χ4n) is 3.33. The lowest BCUT2D eigenvalue weighted by atomic mass is 10.1. The summed E-state index contributed by atoms with van der Waals surface area (Å²) in [5.41, 5.74) is 1.20. The number of amides is 1. The van der Waals surface area contributed by atoms with Gasteiger partial charge in [0.05, 0.1) is 5.02 Å². The van der Waals surface area contributed by atoms with Gasteiger partial charge in [0.15, 0.2) is 0 Å². The second-order valence-electron chi connectivity index (χ2n) is 7.30. The summed E-state index contributed by atoms with van der Waals surface area (Å²) in [5, 5.41) is 0.0934. The molecule has 2 aromatic rings. The van der Waals surface area contributed by atoms with Gasteiger partial charge < -0.3 is 9.80 Å². The second-order valence-corrected chi connectivity index (χ2v) is 9.39. The number of sulfonamides is 1. The average Bonchev–Trinajstić information content (AvgIpc) is 3.52. The molecule has 0 spiro atoms. The Bertz CT molecular complexity index is 1020. The fraction of sp³-hybridized carbons (Fsp3) is 0.350. The second kappa shape index (κ2) is 7.93. The lowest BCUT2D eigenvalue weighted by Crippen LogP contribution is -2.48. The van der Waals surface area contributed by atoms with Crippen LogP contribution in [0.15, 0.2) is 47.4 Å². The van der Waals surface area contributed by atoms with Gasteiger partial charge in [0.25, 0.3) is 5.91 Å². The van der Waals surface area contributed by atoms with E-state index in [9.17, 15) is 17.6 Å². The van der Waals surface area contributed by atoms with Crippen LogP contribution < -0.4 is 9.62 Å². The third-order valence-electron chi connectivity index (χ3n) is 5.13. The van der Waals surface area contributed by atoms with Gasteiger partial charge in [-0.3, -0.25) is 4.79 Å². The minimum absolute atomic E-state index is 0.0463. The van der Waals surface area contributed by atoms with E-state index in [1.54, 1.807) is 23.1 Å². The predicted octanol–water partition coefficient (Wildman–Crippen LogP) is 2.88. The van der Waals surface area contributed by atoms with Crippen LogP contribution in [0.5, 0.6) is 0 Å². The molecule has 1 heterocycles. The molecule has 1 N–H and O–H groups in total. The molecule has 0 atom stereocenters. The zero-order chi connectivity index (χ0) is 20.6. The Balaban J connectivity index is 1.46. The van der Waals surface area contributed by atoms with Crippen LogP contribution in [0.3, 0.4) is 0 Å². The van der Waals surface area contributed by atoms with Crippen LogP contribution in [0.2, 0.25) is 5.02 Å². The maximum Gasteiger partial charge on any atom is 0.254 e. The first-order valence-electron chi connectivity index (χ1n) is 9.45. The van der Waals surface area contributed by atoms with Crippen LogP contribution in [-0.4, -0.2) is 51.4 Å². The Morgan fingerprint density at radius 2 is 1.69 bits per heavy atom. The van der Waals surface area contributed by atoms with E-state index in [0.29, 0.717) is 31.7 Å². The molecule has 154 valence electrons. The van der Waals surface area contributed by atoms with Crippen LogP contribution in [0.4, 0.5) is 10.1 Å². The topological polar surface area (TPSA) is 69.7 Å². The number of piperazine rings is 1. The highest BCUT2D eigenvalue weighted by Gasteiger charge is 2.30. The molecule has 29 heavy (non-hydrogen) atoms. The van der Waals surface area contributed by atoms with Crippen LogP contribution in [0.25, 0.3) is 0 Å². The van der Waals surface area contributed by atoms with Crippen molar-refractivity contribution in [2.24, 2.45) is 0 Å². The van der Waals surface area contributed by atoms with Crippen molar-refractivity contribution < 1.29 is 17.6 Å². The van der Waals surface area contributed by atoms with Gasteiger partial charge in [-0.2, -0.15) is 0 Å². The normalized spacial score (nSPS) is 17.4. The molecular weight excluding hydrogens is 417 g/mol. The van der Waals surface area contributed by atoms with E-state index in [-0.39, 0.29) is 27.7 Å². The van der Waals surface area contributed by atoms with Gasteiger partial charge in [0.2, 0.25) is 10.0 Å². The van der Waals surface area contributed by atoms with E-state index in [2.05, 4.69) is 9.62 Å². The molecule has 1 amide bonds. The van der Waals surface area contributed by atoms with Crippen molar-refractivity contribution in [3.05, 3.63) is 58.9 Å². The SMILES string of the molecule is O=C(c1ccc(Cl)c(S(=O)(=O)NC2CC2)c1)N1CCN(c2ccc(F)cc2)CC1. The van der Waals surface area contributed by atoms with Gasteiger partial charge in [-0.25, -0.2) is 17.5 Å². The smallest absolute Gasteiger partial charge is 0.254 e. The third kappa shape index (κ3) is 4.55. The molecule has 2 fully saturated rings. The van der Waals surface area contributed by atoms with Crippen molar-refractivity contribution in [2.45, 2.75) is 23.8 Å². The van der Waals surface area contributed by atoms with Gasteiger partial charge in [-0.05, 0) is 55.3 Å². The third-order valence-corrected chi connectivity index (χ3v) is 7.13. The minimum atomic E-state index is -3.75. The molecule has 6 nitrogen and oxygen atoms in total. The molecule has 0 radical (unpaired) electrons. The summed E-state index contributed by atoms with van der Waals surface area (Å²) in [7, 11) is -3.75. The van der Waals surface area contributed by atoms with Gasteiger partial charge in [-0.15, -0.1) is 0 Å². The number of nitrogens with zero attached hydrogens (tertiary/aromatic N) is 2. The summed E-state index contributed by atoms with van der Waals surface area (Å²) in [5.74, 6) is -0.518. The number of rotatable bonds is 5. The number of hydrogen-bond acceptors (Lipinski definition) is 4. The predicted molar refractivity (Wildman–Crippen MR) is 109 cm³/mol. The van der Waals surface area contributed by atoms with E-state index < -0.39 is 10.0 Å². The molecule has 1 aliphatic heterocycles. The largest absolute Gasteiger partial charge is 0.368 e. The molecule has 2 aliphatic rings. The first kappa shape index (κ1) is 20.1. The van der Waals surface area contributed by atoms with E-state index in [4.69, 9.17) is 11.6 Å². The Kier molecular flexibility index (Phi) is 5.50. The molecule has 1 aliphatic carbocycles. The zero-order valence-electron chi connectivity index (χ0n) is 15.6. The Morgan fingerprint density at radius 1 is 1.03 bits per heavy atom. The summed E-state index contributed by atoms with van der Waals surface area (Å²) in [4.78, 5) is 16.6. The lowest BCUT2D eigenvalue weighted by molar-refractivity contribution is 0.0746. The van der Waals surface area contributed by atoms with Crippen molar-refractivity contribution in [1.82, 2.24) is 9.62 Å². The van der Waals surface area contributed by atoms with Crippen molar-refractivity contribution in [3.63, 3.8) is 0 Å². The van der Waals surface area contributed by atoms with E-state index in [1.807, 2.05) is 0 Å². The van der Waals surface area contributed by atoms with E-state index >= 15 is 0 Å². The van der Waals surface area contributed by atoms with Crippen molar-refractivity contribution in [1.29, 1.82) is 0 Å². The first-order chi connectivity index (χ1) is 13.8. The van der Waals surface area contributed by atoms with E-state index in [1.165, 1.54) is 24.3 Å². The molecule has 1 saturated carbocycles. The number of nitrogens with one attached hydrogen (secondary N) is 1. The molecule has 9 heteroatoms.